The highest BCUT2D eigenvalue weighted by Gasteiger charge is 2.35. The molecule has 0 aromatic heterocycles. The molecule has 12 nitrogen and oxygen atoms in total. The summed E-state index contributed by atoms with van der Waals surface area (Å²) in [6, 6.07) is 8.90. The number of aliphatic hydroxyl groups excluding tert-OH is 1. The maximum absolute atomic E-state index is 11.6. The van der Waals surface area contributed by atoms with Gasteiger partial charge in [-0.1, -0.05) is 12.1 Å². The van der Waals surface area contributed by atoms with Gasteiger partial charge in [0.2, 0.25) is 5.88 Å². The number of benzene rings is 2. The first-order valence-corrected chi connectivity index (χ1v) is 10.5. The van der Waals surface area contributed by atoms with Crippen molar-refractivity contribution >= 4 is 37.7 Å². The van der Waals surface area contributed by atoms with E-state index in [1.54, 1.807) is 0 Å². The van der Waals surface area contributed by atoms with Crippen molar-refractivity contribution < 1.29 is 40.9 Å². The van der Waals surface area contributed by atoms with Gasteiger partial charge in [-0.05, 0) is 36.4 Å². The predicted molar refractivity (Wildman–Crippen MR) is 97.5 cm³/mol. The van der Waals surface area contributed by atoms with Gasteiger partial charge in [0, 0.05) is 5.56 Å². The minimum Gasteiger partial charge on any atom is -0.492 e. The van der Waals surface area contributed by atoms with Crippen molar-refractivity contribution in [3.05, 3.63) is 60.0 Å². The van der Waals surface area contributed by atoms with E-state index in [0.29, 0.717) is 5.01 Å². The highest BCUT2D eigenvalue weighted by Crippen LogP contribution is 2.32. The normalized spacial score (nSPS) is 15.1. The molecule has 1 amide bonds. The molecule has 1 aliphatic rings. The van der Waals surface area contributed by atoms with E-state index >= 15 is 0 Å². The second-order valence-corrected chi connectivity index (χ2v) is 8.54. The maximum Gasteiger partial charge on any atom is 0.428 e. The predicted octanol–water partition coefficient (Wildman–Crippen LogP) is 1.28. The third-order valence-electron chi connectivity index (χ3n) is 3.86. The molecule has 0 fully saturated rings. The van der Waals surface area contributed by atoms with Crippen LogP contribution in [0.5, 0.6) is 0 Å². The van der Waals surface area contributed by atoms with E-state index in [-0.39, 0.29) is 16.9 Å². The monoisotopic (exact) mass is 443 g/mol. The molecule has 5 N–H and O–H groups in total. The van der Waals surface area contributed by atoms with E-state index in [0.717, 1.165) is 29.3 Å². The van der Waals surface area contributed by atoms with Gasteiger partial charge in [-0.25, -0.2) is 9.80 Å². The number of aliphatic hydroxyl groups is 1. The molecule has 14 heteroatoms. The Hall–Kier alpha value is -3.17. The van der Waals surface area contributed by atoms with Gasteiger partial charge in [-0.15, -0.1) is 5.53 Å². The lowest BCUT2D eigenvalue weighted by molar-refractivity contribution is 0.153. The molecule has 1 aliphatic heterocycles. The highest BCUT2D eigenvalue weighted by molar-refractivity contribution is 7.86. The van der Waals surface area contributed by atoms with Crippen molar-refractivity contribution in [1.82, 2.24) is 10.5 Å². The van der Waals surface area contributed by atoms with Gasteiger partial charge in [-0.2, -0.15) is 21.8 Å². The summed E-state index contributed by atoms with van der Waals surface area (Å²) in [5.74, 6) is -0.591. The molecule has 0 atom stereocenters. The Balaban J connectivity index is 2.04. The van der Waals surface area contributed by atoms with Crippen molar-refractivity contribution in [1.29, 1.82) is 0 Å². The Bertz CT molecular complexity index is 1200. The molecule has 0 radical (unpaired) electrons. The number of hydrogen-bond acceptors (Lipinski definition) is 8. The van der Waals surface area contributed by atoms with E-state index in [4.69, 9.17) is 9.11 Å². The van der Waals surface area contributed by atoms with Gasteiger partial charge in [0.1, 0.15) is 5.70 Å². The molecule has 2 aromatic carbocycles. The van der Waals surface area contributed by atoms with Gasteiger partial charge in [0.05, 0.1) is 15.5 Å². The third-order valence-corrected chi connectivity index (χ3v) is 5.59. The number of amides is 1. The molecule has 0 saturated carbocycles. The van der Waals surface area contributed by atoms with Crippen LogP contribution < -0.4 is 10.5 Å². The molecule has 0 aliphatic carbocycles. The first kappa shape index (κ1) is 20.6. The van der Waals surface area contributed by atoms with Crippen molar-refractivity contribution in [3.8, 4) is 0 Å². The quantitative estimate of drug-likeness (QED) is 0.429. The molecule has 0 bridgehead atoms. The number of hydrogen-bond donors (Lipinski definition) is 5. The smallest absolute Gasteiger partial charge is 0.428 e. The molecule has 154 valence electrons. The van der Waals surface area contributed by atoms with E-state index < -0.39 is 42.0 Å². The summed E-state index contributed by atoms with van der Waals surface area (Å²) in [6.45, 7) is 0. The van der Waals surface area contributed by atoms with E-state index in [1.165, 1.54) is 24.3 Å². The van der Waals surface area contributed by atoms with Gasteiger partial charge in [0.15, 0.2) is 0 Å². The summed E-state index contributed by atoms with van der Waals surface area (Å²) < 4.78 is 62.6. The second kappa shape index (κ2) is 7.02. The lowest BCUT2D eigenvalue weighted by atomic mass is 10.1. The van der Waals surface area contributed by atoms with Gasteiger partial charge >= 0.3 is 6.09 Å². The zero-order valence-corrected chi connectivity index (χ0v) is 15.8. The SMILES string of the molecule is O=C(O)N1NN(c2ccc(S(=O)(=O)O)cc2)C(O)=C1c1ccc(S(=O)(=O)O)cc1. The van der Waals surface area contributed by atoms with Crippen LogP contribution in [0.15, 0.2) is 64.2 Å². The lowest BCUT2D eigenvalue weighted by Crippen LogP contribution is -2.44. The van der Waals surface area contributed by atoms with Crippen molar-refractivity contribution in [2.75, 3.05) is 5.01 Å². The Kier molecular flexibility index (Phi) is 4.97. The third kappa shape index (κ3) is 4.01. The number of carbonyl (C=O) groups is 1. The Morgan fingerprint density at radius 2 is 1.28 bits per heavy atom. The molecule has 3 rings (SSSR count). The summed E-state index contributed by atoms with van der Waals surface area (Å²) >= 11 is 0. The average Bonchev–Trinajstić information content (AvgIpc) is 2.98. The van der Waals surface area contributed by atoms with Crippen LogP contribution in [-0.2, 0) is 20.2 Å². The molecule has 0 unspecified atom stereocenters. The molecular weight excluding hydrogens is 430 g/mol. The number of nitrogens with one attached hydrogen (secondary N) is 1. The van der Waals surface area contributed by atoms with E-state index in [1.807, 2.05) is 0 Å². The van der Waals surface area contributed by atoms with Crippen LogP contribution in [0.2, 0.25) is 0 Å². The van der Waals surface area contributed by atoms with Crippen LogP contribution in [0.1, 0.15) is 5.56 Å². The Morgan fingerprint density at radius 3 is 1.69 bits per heavy atom. The minimum absolute atomic E-state index is 0.0989. The number of hydrazine groups is 2. The highest BCUT2D eigenvalue weighted by atomic mass is 32.2. The summed E-state index contributed by atoms with van der Waals surface area (Å²) in [5.41, 5.74) is 2.35. The van der Waals surface area contributed by atoms with Crippen LogP contribution in [0, 0.1) is 0 Å². The van der Waals surface area contributed by atoms with Crippen molar-refractivity contribution in [2.24, 2.45) is 0 Å². The average molecular weight is 443 g/mol. The van der Waals surface area contributed by atoms with Crippen LogP contribution in [0.3, 0.4) is 0 Å². The van der Waals surface area contributed by atoms with Crippen LogP contribution in [0.4, 0.5) is 10.5 Å². The van der Waals surface area contributed by atoms with E-state index in [9.17, 15) is 31.8 Å². The van der Waals surface area contributed by atoms with Crippen LogP contribution in [0.25, 0.3) is 5.70 Å². The number of anilines is 1. The summed E-state index contributed by atoms with van der Waals surface area (Å²) in [5, 5.41) is 21.4. The van der Waals surface area contributed by atoms with Crippen molar-refractivity contribution in [2.45, 2.75) is 9.79 Å². The summed E-state index contributed by atoms with van der Waals surface area (Å²) in [6.07, 6.45) is -1.51. The molecule has 1 heterocycles. The number of nitrogens with zero attached hydrogens (tertiary/aromatic N) is 2. The lowest BCUT2D eigenvalue weighted by Gasteiger charge is -2.20. The fourth-order valence-electron chi connectivity index (χ4n) is 2.53. The number of rotatable bonds is 4. The largest absolute Gasteiger partial charge is 0.492 e. The van der Waals surface area contributed by atoms with Gasteiger partial charge < -0.3 is 10.2 Å². The first-order chi connectivity index (χ1) is 13.4. The van der Waals surface area contributed by atoms with Gasteiger partial charge in [-0.3, -0.25) is 9.11 Å². The molecule has 29 heavy (non-hydrogen) atoms. The molecule has 0 spiro atoms. The fraction of sp³-hybridized carbons (Fsp3) is 0. The molecule has 0 saturated heterocycles. The number of carboxylic acid groups (broad SMARTS) is 1. The second-order valence-electron chi connectivity index (χ2n) is 5.69. The fourth-order valence-corrected chi connectivity index (χ4v) is 3.49. The van der Waals surface area contributed by atoms with E-state index in [2.05, 4.69) is 5.53 Å². The zero-order valence-electron chi connectivity index (χ0n) is 14.2. The van der Waals surface area contributed by atoms with Crippen LogP contribution in [-0.4, -0.2) is 47.3 Å². The van der Waals surface area contributed by atoms with Crippen molar-refractivity contribution in [3.63, 3.8) is 0 Å². The Labute approximate surface area is 164 Å². The Morgan fingerprint density at radius 1 is 0.828 bits per heavy atom. The first-order valence-electron chi connectivity index (χ1n) is 7.58. The van der Waals surface area contributed by atoms with Crippen LogP contribution >= 0.6 is 0 Å². The standard InChI is InChI=1S/C15H13N3O9S2/c19-14-13(9-1-5-11(6-2-9)28(22,23)24)18(15(20)21)16-17(14)10-3-7-12(8-4-10)29(25,26)27/h1-8,16,19H,(H,20,21)(H,22,23,24)(H,25,26,27). The summed E-state index contributed by atoms with van der Waals surface area (Å²) in [7, 11) is -8.90. The maximum atomic E-state index is 11.6. The molecular formula is C15H13N3O9S2. The minimum atomic E-state index is -4.46. The summed E-state index contributed by atoms with van der Waals surface area (Å²) in [4.78, 5) is 10.7. The van der Waals surface area contributed by atoms with Gasteiger partial charge in [0.25, 0.3) is 20.2 Å². The topological polar surface area (TPSA) is 185 Å². The molecule has 2 aromatic rings. The zero-order chi connectivity index (χ0) is 21.6.